The van der Waals surface area contributed by atoms with Crippen LogP contribution in [0.15, 0.2) is 12.2 Å². The van der Waals surface area contributed by atoms with Crippen LogP contribution in [0.25, 0.3) is 0 Å². The fourth-order valence-corrected chi connectivity index (χ4v) is 10.8. The summed E-state index contributed by atoms with van der Waals surface area (Å²) in [4.78, 5) is 25.7. The number of aliphatic hydroxyl groups excluding tert-OH is 2. The third-order valence-electron chi connectivity index (χ3n) is 11.5. The van der Waals surface area contributed by atoms with Gasteiger partial charge in [0, 0.05) is 11.8 Å². The van der Waals surface area contributed by atoms with E-state index in [1.165, 1.54) is 0 Å². The summed E-state index contributed by atoms with van der Waals surface area (Å²) in [6, 6.07) is 0. The summed E-state index contributed by atoms with van der Waals surface area (Å²) in [7, 11) is -10.8. The second-order valence-electron chi connectivity index (χ2n) is 14.8. The molecule has 0 radical (unpaired) electrons. The molecule has 0 unspecified atom stereocenters. The summed E-state index contributed by atoms with van der Waals surface area (Å²) in [5.74, 6) is -3.25. The number of carbonyl (C=O) groups excluding carboxylic acids is 1. The highest BCUT2D eigenvalue weighted by atomic mass is 32.3. The summed E-state index contributed by atoms with van der Waals surface area (Å²) in [5, 5.41) is 32.0. The number of esters is 1. The maximum absolute atomic E-state index is 12.9. The van der Waals surface area contributed by atoms with Gasteiger partial charge in [-0.05, 0) is 79.6 Å². The molecule has 5 N–H and O–H groups in total. The van der Waals surface area contributed by atoms with Crippen LogP contribution in [0.2, 0.25) is 0 Å². The molecule has 1 saturated heterocycles. The minimum atomic E-state index is -5.42. The third-order valence-corrected chi connectivity index (χ3v) is 12.4. The molecular weight excluding hydrogens is 680 g/mol. The first-order chi connectivity index (χ1) is 22.2. The van der Waals surface area contributed by atoms with Gasteiger partial charge in [0.05, 0.1) is 24.7 Å². The number of hydrogen-bond donors (Lipinski definition) is 5. The quantitative estimate of drug-likeness (QED) is 0.0879. The molecule has 16 nitrogen and oxygen atoms in total. The zero-order valence-corrected chi connectivity index (χ0v) is 28.7. The lowest BCUT2D eigenvalue weighted by Gasteiger charge is -2.62. The Kier molecular flexibility index (Phi) is 10.5. The Bertz CT molecular complexity index is 1480. The molecule has 0 aromatic heterocycles. The molecule has 0 amide bonds. The summed E-state index contributed by atoms with van der Waals surface area (Å²) in [5.41, 5.74) is -0.319. The van der Waals surface area contributed by atoms with E-state index < -0.39 is 99.0 Å². The molecule has 18 heteroatoms. The fourth-order valence-electron chi connectivity index (χ4n) is 9.82. The first-order valence-corrected chi connectivity index (χ1v) is 18.9. The predicted molar refractivity (Wildman–Crippen MR) is 162 cm³/mol. The Morgan fingerprint density at radius 3 is 2.25 bits per heavy atom. The Balaban J connectivity index is 1.51. The molecule has 1 aliphatic heterocycles. The number of rotatable bonds is 11. The topological polar surface area (TPSA) is 250 Å². The molecule has 4 aliphatic carbocycles. The van der Waals surface area contributed by atoms with Gasteiger partial charge in [-0.1, -0.05) is 27.4 Å². The molecular formula is C30H46O16S2. The van der Waals surface area contributed by atoms with Crippen LogP contribution in [0.4, 0.5) is 0 Å². The monoisotopic (exact) mass is 726 g/mol. The van der Waals surface area contributed by atoms with Crippen LogP contribution in [0.5, 0.6) is 0 Å². The number of carbonyl (C=O) groups is 2. The van der Waals surface area contributed by atoms with E-state index in [4.69, 9.17) is 18.4 Å². The molecule has 5 fully saturated rings. The van der Waals surface area contributed by atoms with Crippen LogP contribution < -0.4 is 0 Å². The highest BCUT2D eigenvalue weighted by molar-refractivity contribution is 7.81. The third kappa shape index (κ3) is 7.20. The highest BCUT2D eigenvalue weighted by Gasteiger charge is 2.67. The molecule has 4 saturated carbocycles. The molecule has 2 bridgehead atoms. The standard InChI is InChI=1S/C30H46O16S2/c1-14(2)9-22(32)44-25-24(46-48(39,40)41)23(45-47(36,37)38)20(13-31)43-28(25)42-17-10-18(27(34)35)19-7-8-30-11-16(15(3)26(30)33)5-6-21(30)29(19,4)12-17/h14,16-21,23-26,28,31,33H,3,5-13H2,1-2,4H3,(H,34,35)(H,36,37,38)(H,39,40,41)/t16-,17-,18+,19+,20+,21-,23-,24-,25-,26-,28+,29+,30-/m1/s1. The van der Waals surface area contributed by atoms with Crippen molar-refractivity contribution in [1.82, 2.24) is 0 Å². The van der Waals surface area contributed by atoms with Gasteiger partial charge in [-0.25, -0.2) is 8.37 Å². The Morgan fingerprint density at radius 2 is 1.67 bits per heavy atom. The van der Waals surface area contributed by atoms with Crippen LogP contribution in [0.3, 0.4) is 0 Å². The Morgan fingerprint density at radius 1 is 1.02 bits per heavy atom. The SMILES string of the molecule is C=C1[C@@H]2CC[C@@H]3[C@@]4(C)C[C@H](O[C@H]5O[C@@H](CO)[C@@H](OS(=O)(=O)O)[C@@H](OS(=O)(=O)O)[C@H]5OC(=O)CC(C)C)C[C@H](C(=O)O)[C@@H]4CC[C@]3(C2)[C@@H]1O. The lowest BCUT2D eigenvalue weighted by Crippen LogP contribution is -2.64. The second kappa shape index (κ2) is 13.4. The van der Waals surface area contributed by atoms with E-state index in [1.54, 1.807) is 13.8 Å². The van der Waals surface area contributed by atoms with Gasteiger partial charge >= 0.3 is 32.7 Å². The molecule has 5 rings (SSSR count). The molecule has 1 heterocycles. The number of aliphatic hydroxyl groups is 2. The van der Waals surface area contributed by atoms with Gasteiger partial charge < -0.3 is 29.5 Å². The minimum absolute atomic E-state index is 0.0156. The van der Waals surface area contributed by atoms with Crippen molar-refractivity contribution >= 4 is 32.7 Å². The van der Waals surface area contributed by atoms with Crippen molar-refractivity contribution in [1.29, 1.82) is 0 Å². The van der Waals surface area contributed by atoms with Gasteiger partial charge in [-0.2, -0.15) is 16.8 Å². The molecule has 48 heavy (non-hydrogen) atoms. The van der Waals surface area contributed by atoms with E-state index in [9.17, 15) is 50.8 Å². The van der Waals surface area contributed by atoms with Crippen LogP contribution in [-0.2, 0) is 53.0 Å². The van der Waals surface area contributed by atoms with Crippen LogP contribution in [-0.4, -0.2) is 103 Å². The molecule has 1 spiro atoms. The van der Waals surface area contributed by atoms with Gasteiger partial charge in [0.2, 0.25) is 0 Å². The number of fused-ring (bicyclic) bond motifs is 3. The van der Waals surface area contributed by atoms with Crippen LogP contribution in [0.1, 0.15) is 72.1 Å². The zero-order valence-electron chi connectivity index (χ0n) is 27.0. The predicted octanol–water partition coefficient (Wildman–Crippen LogP) is 1.67. The van der Waals surface area contributed by atoms with Crippen molar-refractivity contribution in [3.05, 3.63) is 12.2 Å². The van der Waals surface area contributed by atoms with Gasteiger partial charge in [0.15, 0.2) is 18.5 Å². The number of aliphatic carboxylic acids is 1. The van der Waals surface area contributed by atoms with E-state index in [0.29, 0.717) is 12.8 Å². The summed E-state index contributed by atoms with van der Waals surface area (Å²) >= 11 is 0. The van der Waals surface area contributed by atoms with Crippen LogP contribution in [0, 0.1) is 40.4 Å². The van der Waals surface area contributed by atoms with E-state index in [0.717, 1.165) is 24.8 Å². The van der Waals surface area contributed by atoms with Gasteiger partial charge in [-0.3, -0.25) is 18.7 Å². The maximum atomic E-state index is 12.9. The smallest absolute Gasteiger partial charge is 0.397 e. The number of ether oxygens (including phenoxy) is 3. The van der Waals surface area contributed by atoms with Crippen molar-refractivity contribution in [2.45, 2.75) is 115 Å². The fraction of sp³-hybridized carbons (Fsp3) is 0.867. The average Bonchev–Trinajstić information content (AvgIpc) is 3.12. The summed E-state index contributed by atoms with van der Waals surface area (Å²) < 4.78 is 93.5. The van der Waals surface area contributed by atoms with E-state index in [-0.39, 0.29) is 42.9 Å². The summed E-state index contributed by atoms with van der Waals surface area (Å²) in [6.45, 7) is 8.52. The number of carboxylic acids is 1. The average molecular weight is 727 g/mol. The second-order valence-corrected chi connectivity index (χ2v) is 16.9. The van der Waals surface area contributed by atoms with E-state index in [2.05, 4.69) is 10.8 Å². The first-order valence-electron chi connectivity index (χ1n) is 16.2. The largest absolute Gasteiger partial charge is 0.481 e. The maximum Gasteiger partial charge on any atom is 0.397 e. The Labute approximate surface area is 280 Å². The van der Waals surface area contributed by atoms with E-state index >= 15 is 0 Å². The zero-order chi connectivity index (χ0) is 35.6. The molecule has 274 valence electrons. The van der Waals surface area contributed by atoms with E-state index in [1.807, 2.05) is 6.92 Å². The first kappa shape index (κ1) is 37.5. The Hall–Kier alpha value is -1.74. The molecule has 0 aromatic rings. The van der Waals surface area contributed by atoms with Gasteiger partial charge in [0.1, 0.15) is 12.2 Å². The van der Waals surface area contributed by atoms with Crippen molar-refractivity contribution in [2.75, 3.05) is 6.61 Å². The molecule has 0 aromatic carbocycles. The molecule has 13 atom stereocenters. The lowest BCUT2D eigenvalue weighted by atomic mass is 9.43. The normalized spacial score (nSPS) is 43.0. The van der Waals surface area contributed by atoms with Crippen molar-refractivity contribution in [3.63, 3.8) is 0 Å². The number of hydrogen-bond acceptors (Lipinski definition) is 13. The van der Waals surface area contributed by atoms with Crippen molar-refractivity contribution in [2.24, 2.45) is 40.4 Å². The van der Waals surface area contributed by atoms with Crippen molar-refractivity contribution in [3.8, 4) is 0 Å². The van der Waals surface area contributed by atoms with Crippen LogP contribution >= 0.6 is 0 Å². The molecule has 5 aliphatic rings. The number of carboxylic acid groups (broad SMARTS) is 1. The van der Waals surface area contributed by atoms with Gasteiger partial charge in [0.25, 0.3) is 0 Å². The lowest BCUT2D eigenvalue weighted by molar-refractivity contribution is -0.316. The highest BCUT2D eigenvalue weighted by Crippen LogP contribution is 2.70. The summed E-state index contributed by atoms with van der Waals surface area (Å²) in [6.07, 6.45) is -7.93. The minimum Gasteiger partial charge on any atom is -0.481 e. The van der Waals surface area contributed by atoms with Gasteiger partial charge in [-0.15, -0.1) is 0 Å². The van der Waals surface area contributed by atoms with Crippen molar-refractivity contribution < 1.29 is 73.4 Å².